The molecule has 0 spiro atoms. The summed E-state index contributed by atoms with van der Waals surface area (Å²) < 4.78 is 25.0. The van der Waals surface area contributed by atoms with Gasteiger partial charge in [0.15, 0.2) is 0 Å². The molecule has 2 fully saturated rings. The first-order chi connectivity index (χ1) is 10.3. The van der Waals surface area contributed by atoms with E-state index in [4.69, 9.17) is 0 Å². The van der Waals surface area contributed by atoms with Crippen LogP contribution in [0.1, 0.15) is 36.8 Å². The van der Waals surface area contributed by atoms with Crippen molar-refractivity contribution in [3.05, 3.63) is 17.6 Å². The highest BCUT2D eigenvalue weighted by molar-refractivity contribution is 7.88. The van der Waals surface area contributed by atoms with Crippen LogP contribution in [0.25, 0.3) is 0 Å². The standard InChI is InChI=1S/C14H22N4O3S/c1-10-15-12(13-5-8-18(13)22(2,20)21)9-14(16-10)17-6-3-11(19)4-7-17/h9,11,13,19H,3-8H2,1-2H3/t13-/m1/s1. The van der Waals surface area contributed by atoms with Gasteiger partial charge < -0.3 is 10.0 Å². The van der Waals surface area contributed by atoms with Crippen LogP contribution in [-0.2, 0) is 10.0 Å². The molecule has 0 aliphatic carbocycles. The van der Waals surface area contributed by atoms with Crippen molar-refractivity contribution in [2.24, 2.45) is 0 Å². The fourth-order valence-electron chi connectivity index (χ4n) is 3.06. The van der Waals surface area contributed by atoms with Crippen molar-refractivity contribution >= 4 is 15.8 Å². The van der Waals surface area contributed by atoms with Crippen molar-refractivity contribution < 1.29 is 13.5 Å². The molecule has 2 saturated heterocycles. The fourth-order valence-corrected chi connectivity index (χ4v) is 4.17. The van der Waals surface area contributed by atoms with Crippen LogP contribution >= 0.6 is 0 Å². The molecule has 0 radical (unpaired) electrons. The van der Waals surface area contributed by atoms with Gasteiger partial charge in [-0.1, -0.05) is 0 Å². The predicted octanol–water partition coefficient (Wildman–Crippen LogP) is 0.453. The Balaban J connectivity index is 1.84. The number of aliphatic hydroxyl groups excluding tert-OH is 1. The third-order valence-corrected chi connectivity index (χ3v) is 5.66. The van der Waals surface area contributed by atoms with Crippen LogP contribution in [-0.4, -0.2) is 59.8 Å². The number of piperidine rings is 1. The predicted molar refractivity (Wildman–Crippen MR) is 83.1 cm³/mol. The molecule has 0 amide bonds. The van der Waals surface area contributed by atoms with Gasteiger partial charge in [-0.2, -0.15) is 4.31 Å². The molecule has 122 valence electrons. The van der Waals surface area contributed by atoms with Crippen LogP contribution in [0.2, 0.25) is 0 Å². The number of anilines is 1. The summed E-state index contributed by atoms with van der Waals surface area (Å²) in [5.74, 6) is 1.48. The third-order valence-electron chi connectivity index (χ3n) is 4.37. The summed E-state index contributed by atoms with van der Waals surface area (Å²) in [6.45, 7) is 3.90. The Kier molecular flexibility index (Phi) is 4.09. The Hall–Kier alpha value is -1.25. The summed E-state index contributed by atoms with van der Waals surface area (Å²) in [5, 5.41) is 9.61. The van der Waals surface area contributed by atoms with Crippen molar-refractivity contribution in [2.45, 2.75) is 38.3 Å². The highest BCUT2D eigenvalue weighted by Gasteiger charge is 2.37. The lowest BCUT2D eigenvalue weighted by atomic mass is 10.0. The molecule has 7 nitrogen and oxygen atoms in total. The van der Waals surface area contributed by atoms with E-state index in [0.29, 0.717) is 12.4 Å². The fraction of sp³-hybridized carbons (Fsp3) is 0.714. The summed E-state index contributed by atoms with van der Waals surface area (Å²) in [6, 6.07) is 1.72. The number of aliphatic hydroxyl groups is 1. The Labute approximate surface area is 131 Å². The van der Waals surface area contributed by atoms with Gasteiger partial charge in [-0.15, -0.1) is 0 Å². The van der Waals surface area contributed by atoms with Gasteiger partial charge in [-0.3, -0.25) is 0 Å². The van der Waals surface area contributed by atoms with Gasteiger partial charge in [0.1, 0.15) is 11.6 Å². The van der Waals surface area contributed by atoms with E-state index in [0.717, 1.165) is 43.9 Å². The van der Waals surface area contributed by atoms with Gasteiger partial charge >= 0.3 is 0 Å². The number of sulfonamides is 1. The first kappa shape index (κ1) is 15.6. The smallest absolute Gasteiger partial charge is 0.211 e. The van der Waals surface area contributed by atoms with Crippen LogP contribution in [0.4, 0.5) is 5.82 Å². The zero-order valence-corrected chi connectivity index (χ0v) is 13.8. The molecule has 0 bridgehead atoms. The molecule has 0 unspecified atom stereocenters. The average Bonchev–Trinajstić information content (AvgIpc) is 2.35. The van der Waals surface area contributed by atoms with Gasteiger partial charge in [-0.25, -0.2) is 18.4 Å². The molecule has 2 aliphatic rings. The minimum Gasteiger partial charge on any atom is -0.393 e. The van der Waals surface area contributed by atoms with E-state index < -0.39 is 10.0 Å². The molecule has 0 aromatic carbocycles. The largest absolute Gasteiger partial charge is 0.393 e. The summed E-state index contributed by atoms with van der Waals surface area (Å²) in [6.07, 6.45) is 3.27. The molecule has 1 aromatic rings. The zero-order valence-electron chi connectivity index (χ0n) is 12.9. The van der Waals surface area contributed by atoms with Gasteiger partial charge in [0, 0.05) is 25.7 Å². The van der Waals surface area contributed by atoms with Crippen LogP contribution in [0.15, 0.2) is 6.07 Å². The highest BCUT2D eigenvalue weighted by Crippen LogP contribution is 2.35. The van der Waals surface area contributed by atoms with Crippen molar-refractivity contribution in [1.29, 1.82) is 0 Å². The number of aryl methyl sites for hydroxylation is 1. The summed E-state index contributed by atoms with van der Waals surface area (Å²) in [5.41, 5.74) is 0.769. The maximum atomic E-state index is 11.7. The molecule has 1 aromatic heterocycles. The van der Waals surface area contributed by atoms with Gasteiger partial charge in [0.2, 0.25) is 10.0 Å². The normalized spacial score (nSPS) is 24.3. The van der Waals surface area contributed by atoms with Gasteiger partial charge in [0.25, 0.3) is 0 Å². The van der Waals surface area contributed by atoms with E-state index in [9.17, 15) is 13.5 Å². The molecule has 0 saturated carbocycles. The molecular formula is C14H22N4O3S. The molecule has 1 atom stereocenters. The second-order valence-corrected chi connectivity index (χ2v) is 8.03. The van der Waals surface area contributed by atoms with Crippen LogP contribution < -0.4 is 4.90 Å². The average molecular weight is 326 g/mol. The van der Waals surface area contributed by atoms with Gasteiger partial charge in [0.05, 0.1) is 24.1 Å². The molecular weight excluding hydrogens is 304 g/mol. The minimum absolute atomic E-state index is 0.175. The van der Waals surface area contributed by atoms with Crippen molar-refractivity contribution in [3.63, 3.8) is 0 Å². The quantitative estimate of drug-likeness (QED) is 0.868. The Morgan fingerprint density at radius 1 is 1.18 bits per heavy atom. The second-order valence-electron chi connectivity index (χ2n) is 6.09. The molecule has 2 aliphatic heterocycles. The van der Waals surface area contributed by atoms with Gasteiger partial charge in [-0.05, 0) is 26.2 Å². The van der Waals surface area contributed by atoms with Crippen LogP contribution in [0.5, 0.6) is 0 Å². The molecule has 3 rings (SSSR count). The Morgan fingerprint density at radius 2 is 1.86 bits per heavy atom. The zero-order chi connectivity index (χ0) is 15.9. The first-order valence-corrected chi connectivity index (χ1v) is 9.45. The summed E-state index contributed by atoms with van der Waals surface area (Å²) >= 11 is 0. The van der Waals surface area contributed by atoms with Crippen molar-refractivity contribution in [2.75, 3.05) is 30.8 Å². The van der Waals surface area contributed by atoms with Crippen molar-refractivity contribution in [3.8, 4) is 0 Å². The molecule has 22 heavy (non-hydrogen) atoms. The lowest BCUT2D eigenvalue weighted by Gasteiger charge is -2.39. The van der Waals surface area contributed by atoms with Crippen molar-refractivity contribution in [1.82, 2.24) is 14.3 Å². The topological polar surface area (TPSA) is 86.6 Å². The van der Waals surface area contributed by atoms with E-state index in [1.54, 1.807) is 0 Å². The number of hydrogen-bond acceptors (Lipinski definition) is 6. The third kappa shape index (κ3) is 3.09. The molecule has 3 heterocycles. The summed E-state index contributed by atoms with van der Waals surface area (Å²) in [7, 11) is -3.19. The second kappa shape index (κ2) is 5.75. The van der Waals surface area contributed by atoms with E-state index in [1.807, 2.05) is 13.0 Å². The van der Waals surface area contributed by atoms with E-state index in [-0.39, 0.29) is 12.1 Å². The lowest BCUT2D eigenvalue weighted by Crippen LogP contribution is -2.45. The first-order valence-electron chi connectivity index (χ1n) is 7.60. The number of nitrogens with zero attached hydrogens (tertiary/aromatic N) is 4. The maximum Gasteiger partial charge on any atom is 0.211 e. The monoisotopic (exact) mass is 326 g/mol. The van der Waals surface area contributed by atoms with E-state index in [1.165, 1.54) is 10.6 Å². The Morgan fingerprint density at radius 3 is 2.41 bits per heavy atom. The lowest BCUT2D eigenvalue weighted by molar-refractivity contribution is 0.145. The SMILES string of the molecule is Cc1nc([C@H]2CCN2S(C)(=O)=O)cc(N2CCC(O)CC2)n1. The van der Waals surface area contributed by atoms with E-state index in [2.05, 4.69) is 14.9 Å². The number of hydrogen-bond donors (Lipinski definition) is 1. The minimum atomic E-state index is -3.19. The van der Waals surface area contributed by atoms with E-state index >= 15 is 0 Å². The maximum absolute atomic E-state index is 11.7. The Bertz CT molecular complexity index is 656. The number of rotatable bonds is 3. The molecule has 1 N–H and O–H groups in total. The summed E-state index contributed by atoms with van der Waals surface area (Å²) in [4.78, 5) is 11.0. The highest BCUT2D eigenvalue weighted by atomic mass is 32.2. The van der Waals surface area contributed by atoms with Crippen LogP contribution in [0, 0.1) is 6.92 Å². The van der Waals surface area contributed by atoms with Crippen LogP contribution in [0.3, 0.4) is 0 Å². The molecule has 8 heteroatoms. The number of aromatic nitrogens is 2.